The van der Waals surface area contributed by atoms with E-state index in [1.54, 1.807) is 0 Å². The molecule has 0 amide bonds. The van der Waals surface area contributed by atoms with Gasteiger partial charge in [-0.25, -0.2) is 0 Å². The van der Waals surface area contributed by atoms with E-state index in [1.165, 1.54) is 12.5 Å². The van der Waals surface area contributed by atoms with E-state index in [-0.39, 0.29) is 5.78 Å². The number of aryl methyl sites for hydroxylation is 1. The minimum absolute atomic E-state index is 0.0686. The van der Waals surface area contributed by atoms with Crippen molar-refractivity contribution < 1.29 is 9.90 Å². The molecule has 0 radical (unpaired) electrons. The fraction of sp³-hybridized carbons (Fsp3) is 0.417. The minimum atomic E-state index is -0.814. The molecular formula is C12H16O2. The molecule has 1 unspecified atom stereocenters. The van der Waals surface area contributed by atoms with Gasteiger partial charge in [0.25, 0.3) is 0 Å². The van der Waals surface area contributed by atoms with Crippen molar-refractivity contribution in [3.63, 3.8) is 0 Å². The Morgan fingerprint density at radius 1 is 1.36 bits per heavy atom. The molecule has 1 aromatic rings. The van der Waals surface area contributed by atoms with Crippen molar-refractivity contribution in [2.24, 2.45) is 0 Å². The first kappa shape index (κ1) is 10.9. The van der Waals surface area contributed by atoms with Crippen molar-refractivity contribution in [1.29, 1.82) is 0 Å². The summed E-state index contributed by atoms with van der Waals surface area (Å²) in [5, 5.41) is 8.97. The van der Waals surface area contributed by atoms with Gasteiger partial charge in [-0.05, 0) is 25.3 Å². The van der Waals surface area contributed by atoms with Crippen molar-refractivity contribution in [3.05, 3.63) is 35.9 Å². The predicted octanol–water partition coefficient (Wildman–Crippen LogP) is 1.96. The maximum Gasteiger partial charge on any atom is 0.160 e. The lowest BCUT2D eigenvalue weighted by Crippen LogP contribution is -2.15. The summed E-state index contributed by atoms with van der Waals surface area (Å²) in [6.07, 6.45) is 1.37. The Bertz CT molecular complexity index is 278. The maximum absolute atomic E-state index is 11.1. The van der Waals surface area contributed by atoms with Crippen molar-refractivity contribution in [1.82, 2.24) is 0 Å². The zero-order valence-corrected chi connectivity index (χ0v) is 8.44. The molecule has 0 fully saturated rings. The Kier molecular flexibility index (Phi) is 4.33. The number of carbonyl (C=O) groups is 1. The summed E-state index contributed by atoms with van der Waals surface area (Å²) >= 11 is 0. The predicted molar refractivity (Wildman–Crippen MR) is 56.1 cm³/mol. The molecule has 0 aliphatic heterocycles. The van der Waals surface area contributed by atoms with Gasteiger partial charge in [0.15, 0.2) is 5.78 Å². The quantitative estimate of drug-likeness (QED) is 0.774. The lowest BCUT2D eigenvalue weighted by molar-refractivity contribution is -0.126. The van der Waals surface area contributed by atoms with Crippen LogP contribution in [0.3, 0.4) is 0 Å². The number of benzene rings is 1. The molecule has 0 aromatic heterocycles. The summed E-state index contributed by atoms with van der Waals surface area (Å²) in [4.78, 5) is 11.1. The van der Waals surface area contributed by atoms with Gasteiger partial charge in [0.1, 0.15) is 6.10 Å². The van der Waals surface area contributed by atoms with Crippen LogP contribution in [0.1, 0.15) is 25.3 Å². The Labute approximate surface area is 84.6 Å². The normalized spacial score (nSPS) is 12.4. The third-order valence-corrected chi connectivity index (χ3v) is 2.20. The molecule has 76 valence electrons. The van der Waals surface area contributed by atoms with E-state index in [0.29, 0.717) is 6.42 Å². The molecule has 0 bridgehead atoms. The summed E-state index contributed by atoms with van der Waals surface area (Å²) in [7, 11) is 0. The fourth-order valence-corrected chi connectivity index (χ4v) is 1.32. The summed E-state index contributed by atoms with van der Waals surface area (Å²) in [5.74, 6) is -0.0686. The van der Waals surface area contributed by atoms with Crippen LogP contribution >= 0.6 is 0 Å². The van der Waals surface area contributed by atoms with Gasteiger partial charge in [0.05, 0.1) is 0 Å². The third kappa shape index (κ3) is 3.71. The van der Waals surface area contributed by atoms with Crippen molar-refractivity contribution in [3.8, 4) is 0 Å². The second-order valence-electron chi connectivity index (χ2n) is 3.48. The number of aliphatic hydroxyl groups excluding tert-OH is 1. The zero-order chi connectivity index (χ0) is 10.4. The average molecular weight is 192 g/mol. The van der Waals surface area contributed by atoms with E-state index in [4.69, 9.17) is 5.11 Å². The Balaban J connectivity index is 2.26. The van der Waals surface area contributed by atoms with E-state index in [0.717, 1.165) is 12.8 Å². The lowest BCUT2D eigenvalue weighted by Gasteiger charge is -2.03. The summed E-state index contributed by atoms with van der Waals surface area (Å²) in [5.41, 5.74) is 1.24. The Hall–Kier alpha value is -1.15. The smallest absolute Gasteiger partial charge is 0.160 e. The number of aliphatic hydroxyl groups is 1. The van der Waals surface area contributed by atoms with E-state index in [1.807, 2.05) is 30.3 Å². The standard InChI is InChI=1S/C12H16O2/c1-10(13)12(14)9-5-8-11-6-3-2-4-7-11/h2-4,6-7,10,13H,5,8-9H2,1H3. The van der Waals surface area contributed by atoms with Gasteiger partial charge in [0.2, 0.25) is 0 Å². The number of carbonyl (C=O) groups excluding carboxylic acids is 1. The Morgan fingerprint density at radius 3 is 2.57 bits per heavy atom. The maximum atomic E-state index is 11.1. The molecule has 0 heterocycles. The van der Waals surface area contributed by atoms with E-state index >= 15 is 0 Å². The molecule has 0 spiro atoms. The molecule has 2 nitrogen and oxygen atoms in total. The van der Waals surface area contributed by atoms with Crippen LogP contribution in [0.2, 0.25) is 0 Å². The topological polar surface area (TPSA) is 37.3 Å². The molecule has 0 saturated carbocycles. The second kappa shape index (κ2) is 5.55. The van der Waals surface area contributed by atoms with Crippen LogP contribution in [-0.4, -0.2) is 17.0 Å². The van der Waals surface area contributed by atoms with Crippen LogP contribution in [0.5, 0.6) is 0 Å². The van der Waals surface area contributed by atoms with Crippen LogP contribution in [0, 0.1) is 0 Å². The molecule has 2 heteroatoms. The van der Waals surface area contributed by atoms with Gasteiger partial charge in [0, 0.05) is 6.42 Å². The third-order valence-electron chi connectivity index (χ3n) is 2.20. The summed E-state index contributed by atoms with van der Waals surface area (Å²) in [6.45, 7) is 1.52. The lowest BCUT2D eigenvalue weighted by atomic mass is 10.1. The fourth-order valence-electron chi connectivity index (χ4n) is 1.32. The van der Waals surface area contributed by atoms with E-state index in [9.17, 15) is 4.79 Å². The van der Waals surface area contributed by atoms with Crippen LogP contribution in [0.4, 0.5) is 0 Å². The molecule has 1 rings (SSSR count). The highest BCUT2D eigenvalue weighted by molar-refractivity contribution is 5.82. The van der Waals surface area contributed by atoms with Gasteiger partial charge >= 0.3 is 0 Å². The SMILES string of the molecule is CC(O)C(=O)CCCc1ccccc1. The number of rotatable bonds is 5. The van der Waals surface area contributed by atoms with Gasteiger partial charge in [-0.1, -0.05) is 30.3 Å². The minimum Gasteiger partial charge on any atom is -0.386 e. The zero-order valence-electron chi connectivity index (χ0n) is 8.44. The number of hydrogen-bond donors (Lipinski definition) is 1. The largest absolute Gasteiger partial charge is 0.386 e. The second-order valence-corrected chi connectivity index (χ2v) is 3.48. The van der Waals surface area contributed by atoms with E-state index in [2.05, 4.69) is 0 Å². The highest BCUT2D eigenvalue weighted by Crippen LogP contribution is 2.05. The molecule has 1 aromatic carbocycles. The van der Waals surface area contributed by atoms with Gasteiger partial charge in [-0.3, -0.25) is 4.79 Å². The van der Waals surface area contributed by atoms with Gasteiger partial charge < -0.3 is 5.11 Å². The number of Topliss-reactive ketones (excluding diaryl/α,β-unsaturated/α-hetero) is 1. The van der Waals surface area contributed by atoms with Crippen LogP contribution in [-0.2, 0) is 11.2 Å². The van der Waals surface area contributed by atoms with Gasteiger partial charge in [-0.2, -0.15) is 0 Å². The highest BCUT2D eigenvalue weighted by Gasteiger charge is 2.07. The average Bonchev–Trinajstić information content (AvgIpc) is 2.19. The Morgan fingerprint density at radius 2 is 2.00 bits per heavy atom. The van der Waals surface area contributed by atoms with Crippen molar-refractivity contribution >= 4 is 5.78 Å². The van der Waals surface area contributed by atoms with Crippen LogP contribution in [0.25, 0.3) is 0 Å². The van der Waals surface area contributed by atoms with Crippen molar-refractivity contribution in [2.75, 3.05) is 0 Å². The van der Waals surface area contributed by atoms with Crippen LogP contribution < -0.4 is 0 Å². The monoisotopic (exact) mass is 192 g/mol. The van der Waals surface area contributed by atoms with Crippen LogP contribution in [0.15, 0.2) is 30.3 Å². The number of ketones is 1. The van der Waals surface area contributed by atoms with Gasteiger partial charge in [-0.15, -0.1) is 0 Å². The summed E-state index contributed by atoms with van der Waals surface area (Å²) in [6, 6.07) is 10.1. The first-order valence-corrected chi connectivity index (χ1v) is 4.95. The molecule has 1 atom stereocenters. The van der Waals surface area contributed by atoms with Crippen molar-refractivity contribution in [2.45, 2.75) is 32.3 Å². The first-order chi connectivity index (χ1) is 6.70. The molecular weight excluding hydrogens is 176 g/mol. The molecule has 1 N–H and O–H groups in total. The van der Waals surface area contributed by atoms with E-state index < -0.39 is 6.10 Å². The first-order valence-electron chi connectivity index (χ1n) is 4.95. The molecule has 0 aliphatic rings. The highest BCUT2D eigenvalue weighted by atomic mass is 16.3. The molecule has 0 aliphatic carbocycles. The number of hydrogen-bond acceptors (Lipinski definition) is 2. The molecule has 0 saturated heterocycles. The summed E-state index contributed by atoms with van der Waals surface area (Å²) < 4.78 is 0. The molecule has 14 heavy (non-hydrogen) atoms.